The lowest BCUT2D eigenvalue weighted by Crippen LogP contribution is -1.99. The standard InChI is InChI=1S/C21H24N2OS/c1-16(19-11-7-4-8-12-19)15-20-22-23-21(24-20)25-17(2)13-14-18-9-5-3-6-10-18/h3-12,16-17H,13-15H2,1-2H3. The topological polar surface area (TPSA) is 38.9 Å². The van der Waals surface area contributed by atoms with E-state index in [0.717, 1.165) is 19.3 Å². The molecule has 2 aromatic carbocycles. The number of rotatable bonds is 8. The van der Waals surface area contributed by atoms with E-state index in [0.29, 0.717) is 22.3 Å². The van der Waals surface area contributed by atoms with E-state index in [9.17, 15) is 0 Å². The number of hydrogen-bond acceptors (Lipinski definition) is 4. The van der Waals surface area contributed by atoms with Gasteiger partial charge >= 0.3 is 0 Å². The predicted octanol–water partition coefficient (Wildman–Crippen LogP) is 5.53. The first kappa shape index (κ1) is 17.7. The van der Waals surface area contributed by atoms with Gasteiger partial charge in [-0.15, -0.1) is 10.2 Å². The molecule has 0 saturated carbocycles. The third-order valence-corrected chi connectivity index (χ3v) is 5.29. The molecule has 0 aliphatic heterocycles. The summed E-state index contributed by atoms with van der Waals surface area (Å²) in [7, 11) is 0. The van der Waals surface area contributed by atoms with Crippen LogP contribution in [0.2, 0.25) is 0 Å². The van der Waals surface area contributed by atoms with E-state index in [1.165, 1.54) is 11.1 Å². The lowest BCUT2D eigenvalue weighted by Gasteiger charge is -2.09. The van der Waals surface area contributed by atoms with Crippen molar-refractivity contribution in [2.45, 2.75) is 49.5 Å². The Bertz CT molecular complexity index is 758. The highest BCUT2D eigenvalue weighted by atomic mass is 32.2. The summed E-state index contributed by atoms with van der Waals surface area (Å²) in [5, 5.41) is 9.54. The summed E-state index contributed by atoms with van der Waals surface area (Å²) in [5.74, 6) is 1.09. The van der Waals surface area contributed by atoms with Crippen LogP contribution in [0.3, 0.4) is 0 Å². The van der Waals surface area contributed by atoms with Gasteiger partial charge in [0.05, 0.1) is 0 Å². The maximum absolute atomic E-state index is 5.84. The van der Waals surface area contributed by atoms with Crippen molar-refractivity contribution in [3.8, 4) is 0 Å². The fourth-order valence-corrected chi connectivity index (χ4v) is 3.59. The third-order valence-electron chi connectivity index (χ3n) is 4.28. The second-order valence-corrected chi connectivity index (χ2v) is 7.82. The van der Waals surface area contributed by atoms with E-state index in [-0.39, 0.29) is 0 Å². The Morgan fingerprint density at radius 2 is 1.60 bits per heavy atom. The molecule has 2 unspecified atom stereocenters. The summed E-state index contributed by atoms with van der Waals surface area (Å²) in [5.41, 5.74) is 2.67. The monoisotopic (exact) mass is 352 g/mol. The molecule has 4 heteroatoms. The maximum Gasteiger partial charge on any atom is 0.276 e. The highest BCUT2D eigenvalue weighted by Crippen LogP contribution is 2.26. The number of hydrogen-bond donors (Lipinski definition) is 0. The van der Waals surface area contributed by atoms with Crippen LogP contribution in [0.25, 0.3) is 0 Å². The van der Waals surface area contributed by atoms with Crippen molar-refractivity contribution in [1.82, 2.24) is 10.2 Å². The van der Waals surface area contributed by atoms with Gasteiger partial charge < -0.3 is 4.42 Å². The Morgan fingerprint density at radius 3 is 2.32 bits per heavy atom. The molecule has 3 nitrogen and oxygen atoms in total. The van der Waals surface area contributed by atoms with Gasteiger partial charge in [-0.25, -0.2) is 0 Å². The number of aromatic nitrogens is 2. The van der Waals surface area contributed by atoms with Crippen molar-refractivity contribution in [3.63, 3.8) is 0 Å². The molecule has 0 saturated heterocycles. The van der Waals surface area contributed by atoms with Gasteiger partial charge in [-0.2, -0.15) is 0 Å². The highest BCUT2D eigenvalue weighted by Gasteiger charge is 2.14. The fraction of sp³-hybridized carbons (Fsp3) is 0.333. The zero-order chi connectivity index (χ0) is 17.5. The van der Waals surface area contributed by atoms with Gasteiger partial charge in [0.25, 0.3) is 5.22 Å². The summed E-state index contributed by atoms with van der Waals surface area (Å²) >= 11 is 1.67. The summed E-state index contributed by atoms with van der Waals surface area (Å²) in [6.45, 7) is 4.40. The molecule has 130 valence electrons. The first-order valence-electron chi connectivity index (χ1n) is 8.78. The molecule has 3 aromatic rings. The molecule has 2 atom stereocenters. The summed E-state index contributed by atoms with van der Waals surface area (Å²) in [6.07, 6.45) is 2.93. The highest BCUT2D eigenvalue weighted by molar-refractivity contribution is 7.99. The van der Waals surface area contributed by atoms with Crippen molar-refractivity contribution in [2.24, 2.45) is 0 Å². The molecule has 0 fully saturated rings. The minimum absolute atomic E-state index is 0.370. The molecule has 0 aliphatic rings. The number of benzene rings is 2. The average Bonchev–Trinajstić information content (AvgIpc) is 3.08. The van der Waals surface area contributed by atoms with E-state index in [1.807, 2.05) is 6.07 Å². The van der Waals surface area contributed by atoms with Gasteiger partial charge in [-0.3, -0.25) is 0 Å². The van der Waals surface area contributed by atoms with Crippen molar-refractivity contribution < 1.29 is 4.42 Å². The predicted molar refractivity (Wildman–Crippen MR) is 103 cm³/mol. The summed E-state index contributed by atoms with van der Waals surface area (Å²) < 4.78 is 5.84. The number of nitrogens with zero attached hydrogens (tertiary/aromatic N) is 2. The molecule has 0 amide bonds. The van der Waals surface area contributed by atoms with Crippen LogP contribution >= 0.6 is 11.8 Å². The van der Waals surface area contributed by atoms with Gasteiger partial charge in [0.1, 0.15) is 0 Å². The Kier molecular flexibility index (Phi) is 6.29. The van der Waals surface area contributed by atoms with E-state index in [2.05, 4.69) is 78.6 Å². The Balaban J connectivity index is 1.49. The summed E-state index contributed by atoms with van der Waals surface area (Å²) in [4.78, 5) is 0. The molecule has 1 aromatic heterocycles. The molecule has 1 heterocycles. The second kappa shape index (κ2) is 8.86. The third kappa shape index (κ3) is 5.46. The van der Waals surface area contributed by atoms with Crippen LogP contribution in [0.4, 0.5) is 0 Å². The fourth-order valence-electron chi connectivity index (χ4n) is 2.78. The molecule has 25 heavy (non-hydrogen) atoms. The smallest absolute Gasteiger partial charge is 0.276 e. The molecule has 0 radical (unpaired) electrons. The Labute approximate surface area is 153 Å². The van der Waals surface area contributed by atoms with Crippen LogP contribution < -0.4 is 0 Å². The Hall–Kier alpha value is -2.07. The van der Waals surface area contributed by atoms with Crippen molar-refractivity contribution in [3.05, 3.63) is 77.7 Å². The number of aryl methyl sites for hydroxylation is 1. The minimum Gasteiger partial charge on any atom is -0.416 e. The first-order chi connectivity index (χ1) is 12.2. The molecule has 0 N–H and O–H groups in total. The molecule has 0 bridgehead atoms. The average molecular weight is 353 g/mol. The maximum atomic E-state index is 5.84. The Morgan fingerprint density at radius 1 is 0.920 bits per heavy atom. The lowest BCUT2D eigenvalue weighted by molar-refractivity contribution is 0.404. The SMILES string of the molecule is CC(CCc1ccccc1)Sc1nnc(CC(C)c2ccccc2)o1. The van der Waals surface area contributed by atoms with Crippen molar-refractivity contribution in [2.75, 3.05) is 0 Å². The van der Waals surface area contributed by atoms with Crippen LogP contribution in [0, 0.1) is 0 Å². The quantitative estimate of drug-likeness (QED) is 0.500. The van der Waals surface area contributed by atoms with E-state index >= 15 is 0 Å². The van der Waals surface area contributed by atoms with Gasteiger partial charge in [-0.05, 0) is 29.9 Å². The van der Waals surface area contributed by atoms with E-state index < -0.39 is 0 Å². The molecule has 3 rings (SSSR count). The molecule has 0 aliphatic carbocycles. The molecular formula is C21H24N2OS. The second-order valence-electron chi connectivity index (χ2n) is 6.43. The normalized spacial score (nSPS) is 13.5. The van der Waals surface area contributed by atoms with Gasteiger partial charge in [0.15, 0.2) is 0 Å². The zero-order valence-corrected chi connectivity index (χ0v) is 15.6. The van der Waals surface area contributed by atoms with Crippen LogP contribution in [-0.2, 0) is 12.8 Å². The van der Waals surface area contributed by atoms with E-state index in [1.54, 1.807) is 11.8 Å². The van der Waals surface area contributed by atoms with Crippen molar-refractivity contribution in [1.29, 1.82) is 0 Å². The van der Waals surface area contributed by atoms with Crippen LogP contribution in [-0.4, -0.2) is 15.4 Å². The van der Waals surface area contributed by atoms with Crippen molar-refractivity contribution >= 4 is 11.8 Å². The largest absolute Gasteiger partial charge is 0.416 e. The van der Waals surface area contributed by atoms with Crippen LogP contribution in [0.15, 0.2) is 70.3 Å². The van der Waals surface area contributed by atoms with E-state index in [4.69, 9.17) is 4.42 Å². The molecule has 0 spiro atoms. The van der Waals surface area contributed by atoms with Gasteiger partial charge in [0.2, 0.25) is 5.89 Å². The van der Waals surface area contributed by atoms with Gasteiger partial charge in [0, 0.05) is 11.7 Å². The van der Waals surface area contributed by atoms with Gasteiger partial charge in [-0.1, -0.05) is 86.3 Å². The van der Waals surface area contributed by atoms with Crippen LogP contribution in [0.1, 0.15) is 43.2 Å². The lowest BCUT2D eigenvalue weighted by atomic mass is 9.98. The molecular weight excluding hydrogens is 328 g/mol. The number of thioether (sulfide) groups is 1. The first-order valence-corrected chi connectivity index (χ1v) is 9.66. The summed E-state index contributed by atoms with van der Waals surface area (Å²) in [6, 6.07) is 21.0. The zero-order valence-electron chi connectivity index (χ0n) is 14.8. The minimum atomic E-state index is 0.370. The van der Waals surface area contributed by atoms with Crippen LogP contribution in [0.5, 0.6) is 0 Å².